The fraction of sp³-hybridized carbons (Fsp3) is 0.259. The summed E-state index contributed by atoms with van der Waals surface area (Å²) in [5.74, 6) is -0.423. The molecule has 1 N–H and O–H groups in total. The van der Waals surface area contributed by atoms with Gasteiger partial charge in [0.2, 0.25) is 0 Å². The lowest BCUT2D eigenvalue weighted by Gasteiger charge is -2.25. The van der Waals surface area contributed by atoms with Gasteiger partial charge in [0.15, 0.2) is 0 Å². The highest BCUT2D eigenvalue weighted by atomic mass is 16.6. The number of aryl methyl sites for hydroxylation is 1. The molecule has 3 aromatic carbocycles. The number of likely N-dealkylation sites (N-methyl/N-ethyl adjacent to an activating group) is 1. The van der Waals surface area contributed by atoms with Gasteiger partial charge in [0.1, 0.15) is 18.4 Å². The maximum Gasteiger partial charge on any atom is 0.410 e. The zero-order valence-electron chi connectivity index (χ0n) is 18.7. The second kappa shape index (κ2) is 9.77. The van der Waals surface area contributed by atoms with Gasteiger partial charge in [0.25, 0.3) is 0 Å². The topological polar surface area (TPSA) is 76.1 Å². The van der Waals surface area contributed by atoms with Crippen molar-refractivity contribution in [3.05, 3.63) is 89.5 Å². The van der Waals surface area contributed by atoms with Crippen molar-refractivity contribution >= 4 is 12.1 Å². The molecule has 0 bridgehead atoms. The third kappa shape index (κ3) is 4.70. The van der Waals surface area contributed by atoms with Crippen LogP contribution in [-0.4, -0.2) is 48.9 Å². The second-order valence-electron chi connectivity index (χ2n) is 8.16. The summed E-state index contributed by atoms with van der Waals surface area (Å²) >= 11 is 0. The Balaban J connectivity index is 1.42. The van der Waals surface area contributed by atoms with Crippen molar-refractivity contribution < 1.29 is 24.2 Å². The van der Waals surface area contributed by atoms with E-state index < -0.39 is 18.1 Å². The summed E-state index contributed by atoms with van der Waals surface area (Å²) in [6, 6.07) is 22.7. The van der Waals surface area contributed by atoms with E-state index >= 15 is 0 Å². The van der Waals surface area contributed by atoms with E-state index in [9.17, 15) is 14.7 Å². The molecule has 0 fully saturated rings. The Kier molecular flexibility index (Phi) is 6.63. The molecule has 0 aromatic heterocycles. The van der Waals surface area contributed by atoms with Crippen LogP contribution in [0.2, 0.25) is 0 Å². The predicted molar refractivity (Wildman–Crippen MR) is 126 cm³/mol. The summed E-state index contributed by atoms with van der Waals surface area (Å²) in [7, 11) is 3.06. The number of ether oxygens (including phenoxy) is 2. The summed E-state index contributed by atoms with van der Waals surface area (Å²) in [6.45, 7) is 0.152. The van der Waals surface area contributed by atoms with Crippen molar-refractivity contribution in [1.29, 1.82) is 0 Å². The summed E-state index contributed by atoms with van der Waals surface area (Å²) in [4.78, 5) is 25.9. The number of hydrogen-bond acceptors (Lipinski definition) is 4. The molecule has 1 atom stereocenters. The van der Waals surface area contributed by atoms with Gasteiger partial charge in [-0.2, -0.15) is 0 Å². The van der Waals surface area contributed by atoms with Crippen molar-refractivity contribution in [2.45, 2.75) is 24.8 Å². The highest BCUT2D eigenvalue weighted by Crippen LogP contribution is 2.44. The average molecular weight is 446 g/mol. The van der Waals surface area contributed by atoms with Gasteiger partial charge in [-0.05, 0) is 52.8 Å². The molecule has 0 heterocycles. The Morgan fingerprint density at radius 2 is 1.61 bits per heavy atom. The quantitative estimate of drug-likeness (QED) is 0.530. The van der Waals surface area contributed by atoms with Crippen LogP contribution in [0.1, 0.15) is 29.0 Å². The van der Waals surface area contributed by atoms with Crippen molar-refractivity contribution in [2.24, 2.45) is 0 Å². The van der Waals surface area contributed by atoms with E-state index in [-0.39, 0.29) is 18.9 Å². The van der Waals surface area contributed by atoms with Gasteiger partial charge in [0, 0.05) is 13.0 Å². The highest BCUT2D eigenvalue weighted by molar-refractivity contribution is 5.81. The van der Waals surface area contributed by atoms with Gasteiger partial charge in [-0.25, -0.2) is 9.59 Å². The van der Waals surface area contributed by atoms with Crippen molar-refractivity contribution in [1.82, 2.24) is 4.90 Å². The fourth-order valence-corrected chi connectivity index (χ4v) is 4.44. The Morgan fingerprint density at radius 3 is 2.21 bits per heavy atom. The zero-order chi connectivity index (χ0) is 23.4. The summed E-state index contributed by atoms with van der Waals surface area (Å²) in [5.41, 5.74) is 5.46. The summed E-state index contributed by atoms with van der Waals surface area (Å²) in [5, 5.41) is 9.74. The summed E-state index contributed by atoms with van der Waals surface area (Å²) < 4.78 is 10.8. The normalized spacial score (nSPS) is 13.0. The first-order chi connectivity index (χ1) is 16.0. The van der Waals surface area contributed by atoms with Crippen LogP contribution in [0.15, 0.2) is 72.8 Å². The standard InChI is InChI=1S/C27H27NO5/c1-28(25(26(29)30)15-14-18-8-7-9-19(16-18)32-2)27(31)33-17-24-22-12-5-3-10-20(22)21-11-4-6-13-23(21)24/h3-13,16,24-25H,14-15,17H2,1-2H3,(H,29,30). The number of carboxylic acids is 1. The molecule has 6 nitrogen and oxygen atoms in total. The van der Waals surface area contributed by atoms with Crippen LogP contribution in [0.5, 0.6) is 5.75 Å². The molecule has 4 rings (SSSR count). The van der Waals surface area contributed by atoms with Crippen molar-refractivity contribution in [3.8, 4) is 16.9 Å². The van der Waals surface area contributed by atoms with Crippen molar-refractivity contribution in [2.75, 3.05) is 20.8 Å². The highest BCUT2D eigenvalue weighted by Gasteiger charge is 2.31. The monoisotopic (exact) mass is 445 g/mol. The molecule has 6 heteroatoms. The molecule has 0 spiro atoms. The van der Waals surface area contributed by atoms with Gasteiger partial charge in [-0.3, -0.25) is 4.90 Å². The third-order valence-corrected chi connectivity index (χ3v) is 6.22. The number of nitrogens with zero attached hydrogens (tertiary/aromatic N) is 1. The molecule has 0 saturated heterocycles. The van der Waals surface area contributed by atoms with E-state index in [1.165, 1.54) is 11.9 Å². The molecule has 1 unspecified atom stereocenters. The first kappa shape index (κ1) is 22.4. The number of fused-ring (bicyclic) bond motifs is 3. The Morgan fingerprint density at radius 1 is 0.970 bits per heavy atom. The lowest BCUT2D eigenvalue weighted by atomic mass is 9.98. The number of methoxy groups -OCH3 is 1. The van der Waals surface area contributed by atoms with Crippen LogP contribution in [0.3, 0.4) is 0 Å². The molecule has 0 radical (unpaired) electrons. The number of carbonyl (C=O) groups excluding carboxylic acids is 1. The molecular formula is C27H27NO5. The maximum absolute atomic E-state index is 12.8. The van der Waals surface area contributed by atoms with Crippen LogP contribution in [-0.2, 0) is 16.0 Å². The zero-order valence-corrected chi connectivity index (χ0v) is 18.7. The first-order valence-electron chi connectivity index (χ1n) is 10.9. The van der Waals surface area contributed by atoms with E-state index in [0.717, 1.165) is 27.8 Å². The van der Waals surface area contributed by atoms with Gasteiger partial charge < -0.3 is 14.6 Å². The number of carbonyl (C=O) groups is 2. The van der Waals surface area contributed by atoms with E-state index in [1.807, 2.05) is 60.7 Å². The second-order valence-corrected chi connectivity index (χ2v) is 8.16. The summed E-state index contributed by atoms with van der Waals surface area (Å²) in [6.07, 6.45) is 0.119. The number of carboxylic acid groups (broad SMARTS) is 1. The molecule has 170 valence electrons. The van der Waals surface area contributed by atoms with Crippen LogP contribution < -0.4 is 4.74 Å². The minimum absolute atomic E-state index is 0.0742. The minimum atomic E-state index is -1.06. The number of aliphatic carboxylic acids is 1. The van der Waals surface area contributed by atoms with E-state index in [0.29, 0.717) is 12.2 Å². The predicted octanol–water partition coefficient (Wildman–Crippen LogP) is 4.96. The minimum Gasteiger partial charge on any atom is -0.497 e. The first-order valence-corrected chi connectivity index (χ1v) is 10.9. The third-order valence-electron chi connectivity index (χ3n) is 6.22. The van der Waals surface area contributed by atoms with Crippen LogP contribution in [0.4, 0.5) is 4.79 Å². The van der Waals surface area contributed by atoms with Crippen LogP contribution >= 0.6 is 0 Å². The molecule has 1 amide bonds. The Hall–Kier alpha value is -3.80. The van der Waals surface area contributed by atoms with Crippen LogP contribution in [0.25, 0.3) is 11.1 Å². The Labute approximate surface area is 193 Å². The van der Waals surface area contributed by atoms with Gasteiger partial charge in [0.05, 0.1) is 7.11 Å². The molecule has 0 aliphatic heterocycles. The maximum atomic E-state index is 12.8. The van der Waals surface area contributed by atoms with Crippen LogP contribution in [0, 0.1) is 0 Å². The van der Waals surface area contributed by atoms with Gasteiger partial charge >= 0.3 is 12.1 Å². The molecule has 0 saturated carbocycles. The molecule has 3 aromatic rings. The molecule has 33 heavy (non-hydrogen) atoms. The van der Waals surface area contributed by atoms with E-state index in [4.69, 9.17) is 9.47 Å². The van der Waals surface area contributed by atoms with Gasteiger partial charge in [-0.1, -0.05) is 60.7 Å². The van der Waals surface area contributed by atoms with Crippen molar-refractivity contribution in [3.63, 3.8) is 0 Å². The van der Waals surface area contributed by atoms with E-state index in [2.05, 4.69) is 12.1 Å². The number of benzene rings is 3. The SMILES string of the molecule is COc1cccc(CCC(C(=O)O)N(C)C(=O)OCC2c3ccccc3-c3ccccc32)c1. The number of amides is 1. The lowest BCUT2D eigenvalue weighted by molar-refractivity contribution is -0.142. The number of rotatable bonds is 8. The Bertz CT molecular complexity index is 1110. The average Bonchev–Trinajstić information content (AvgIpc) is 3.16. The molecule has 1 aliphatic rings. The fourth-order valence-electron chi connectivity index (χ4n) is 4.44. The number of hydrogen-bond donors (Lipinski definition) is 1. The smallest absolute Gasteiger partial charge is 0.410 e. The van der Waals surface area contributed by atoms with E-state index in [1.54, 1.807) is 7.11 Å². The molecule has 1 aliphatic carbocycles. The van der Waals surface area contributed by atoms with Gasteiger partial charge in [-0.15, -0.1) is 0 Å². The molecular weight excluding hydrogens is 418 g/mol. The largest absolute Gasteiger partial charge is 0.497 e. The lowest BCUT2D eigenvalue weighted by Crippen LogP contribution is -2.43.